The molecule has 0 aliphatic heterocycles. The van der Waals surface area contributed by atoms with Crippen molar-refractivity contribution in [3.8, 4) is 0 Å². The second-order valence-electron chi connectivity index (χ2n) is 5.75. The van der Waals surface area contributed by atoms with Crippen molar-refractivity contribution in [1.29, 1.82) is 0 Å². The molecule has 0 saturated carbocycles. The molecule has 7 nitrogen and oxygen atoms in total. The molecule has 0 aliphatic carbocycles. The molecule has 0 aliphatic rings. The molecule has 0 radical (unpaired) electrons. The van der Waals surface area contributed by atoms with Crippen LogP contribution in [0.15, 0.2) is 70.2 Å². The van der Waals surface area contributed by atoms with Crippen LogP contribution in [0.5, 0.6) is 0 Å². The molecular formula is C19H17ClN2O5S. The lowest BCUT2D eigenvalue weighted by Gasteiger charge is -2.15. The maximum Gasteiger partial charge on any atom is 0.337 e. The molecule has 2 aromatic carbocycles. The zero-order valence-corrected chi connectivity index (χ0v) is 16.4. The van der Waals surface area contributed by atoms with Crippen LogP contribution in [-0.4, -0.2) is 21.5 Å². The largest absolute Gasteiger partial charge is 0.467 e. The molecule has 0 spiro atoms. The van der Waals surface area contributed by atoms with Gasteiger partial charge in [0.15, 0.2) is 0 Å². The van der Waals surface area contributed by atoms with Crippen molar-refractivity contribution < 1.29 is 22.4 Å². The summed E-state index contributed by atoms with van der Waals surface area (Å²) >= 11 is 5.84. The summed E-state index contributed by atoms with van der Waals surface area (Å²) < 4.78 is 38.4. The van der Waals surface area contributed by atoms with Crippen molar-refractivity contribution in [3.05, 3.63) is 77.2 Å². The number of benzene rings is 2. The van der Waals surface area contributed by atoms with E-state index in [1.807, 2.05) is 0 Å². The van der Waals surface area contributed by atoms with Gasteiger partial charge in [0.25, 0.3) is 10.0 Å². The monoisotopic (exact) mass is 420 g/mol. The van der Waals surface area contributed by atoms with Gasteiger partial charge < -0.3 is 14.5 Å². The second-order valence-corrected chi connectivity index (χ2v) is 7.84. The number of furan rings is 1. The maximum absolute atomic E-state index is 13.0. The van der Waals surface area contributed by atoms with E-state index in [0.29, 0.717) is 22.2 Å². The number of halogens is 1. The van der Waals surface area contributed by atoms with Crippen LogP contribution >= 0.6 is 11.6 Å². The van der Waals surface area contributed by atoms with Crippen LogP contribution in [0.1, 0.15) is 16.1 Å². The van der Waals surface area contributed by atoms with E-state index >= 15 is 0 Å². The Hall–Kier alpha value is -2.97. The molecule has 0 amide bonds. The zero-order chi connectivity index (χ0) is 20.1. The third-order valence-corrected chi connectivity index (χ3v) is 5.50. The quantitative estimate of drug-likeness (QED) is 0.557. The fourth-order valence-corrected chi connectivity index (χ4v) is 3.85. The Labute approximate surface area is 167 Å². The van der Waals surface area contributed by atoms with E-state index in [2.05, 4.69) is 14.8 Å². The molecule has 9 heteroatoms. The van der Waals surface area contributed by atoms with Gasteiger partial charge in [-0.1, -0.05) is 11.6 Å². The number of rotatable bonds is 7. The van der Waals surface area contributed by atoms with E-state index in [-0.39, 0.29) is 17.0 Å². The number of carbonyl (C=O) groups is 1. The number of ether oxygens (including phenoxy) is 1. The Morgan fingerprint density at radius 1 is 1.14 bits per heavy atom. The number of anilines is 2. The SMILES string of the molecule is COC(=O)c1ccc(NCc2ccco2)c(S(=O)(=O)Nc2ccc(Cl)cc2)c1. The minimum Gasteiger partial charge on any atom is -0.467 e. The average molecular weight is 421 g/mol. The van der Waals surface area contributed by atoms with Gasteiger partial charge >= 0.3 is 5.97 Å². The van der Waals surface area contributed by atoms with Gasteiger partial charge in [0, 0.05) is 10.7 Å². The molecule has 28 heavy (non-hydrogen) atoms. The molecule has 0 atom stereocenters. The Balaban J connectivity index is 1.96. The molecule has 0 unspecified atom stereocenters. The first kappa shape index (κ1) is 19.8. The summed E-state index contributed by atoms with van der Waals surface area (Å²) in [5.74, 6) is -0.00780. The number of nitrogens with one attached hydrogen (secondary N) is 2. The average Bonchev–Trinajstić information content (AvgIpc) is 3.21. The minimum atomic E-state index is -4.01. The standard InChI is InChI=1S/C19H17ClN2O5S/c1-26-19(23)13-4-9-17(21-12-16-3-2-10-27-16)18(11-13)28(24,25)22-15-7-5-14(20)6-8-15/h2-11,21-22H,12H2,1H3. The van der Waals surface area contributed by atoms with E-state index in [1.165, 1.54) is 31.6 Å². The van der Waals surface area contributed by atoms with Crippen LogP contribution in [0.3, 0.4) is 0 Å². The Morgan fingerprint density at radius 3 is 2.54 bits per heavy atom. The van der Waals surface area contributed by atoms with Gasteiger partial charge in [-0.3, -0.25) is 4.72 Å². The van der Waals surface area contributed by atoms with Crippen molar-refractivity contribution in [2.75, 3.05) is 17.1 Å². The molecule has 0 fully saturated rings. The van der Waals surface area contributed by atoms with Crippen LogP contribution in [0.25, 0.3) is 0 Å². The molecule has 0 saturated heterocycles. The predicted molar refractivity (Wildman–Crippen MR) is 106 cm³/mol. The summed E-state index contributed by atoms with van der Waals surface area (Å²) in [6, 6.07) is 14.0. The lowest BCUT2D eigenvalue weighted by molar-refractivity contribution is 0.0600. The van der Waals surface area contributed by atoms with Crippen LogP contribution in [0, 0.1) is 0 Å². The summed E-state index contributed by atoms with van der Waals surface area (Å²) in [4.78, 5) is 11.8. The van der Waals surface area contributed by atoms with Gasteiger partial charge in [-0.05, 0) is 54.6 Å². The van der Waals surface area contributed by atoms with Crippen molar-refractivity contribution in [2.45, 2.75) is 11.4 Å². The maximum atomic E-state index is 13.0. The first-order valence-corrected chi connectivity index (χ1v) is 10.0. The molecule has 3 aromatic rings. The highest BCUT2D eigenvalue weighted by atomic mass is 35.5. The smallest absolute Gasteiger partial charge is 0.337 e. The van der Waals surface area contributed by atoms with Gasteiger partial charge in [-0.25, -0.2) is 13.2 Å². The summed E-state index contributed by atoms with van der Waals surface area (Å²) in [7, 11) is -2.78. The van der Waals surface area contributed by atoms with E-state index in [0.717, 1.165) is 0 Å². The van der Waals surface area contributed by atoms with Gasteiger partial charge in [0.05, 0.1) is 31.2 Å². The second kappa shape index (κ2) is 8.37. The molecule has 3 rings (SSSR count). The zero-order valence-electron chi connectivity index (χ0n) is 14.8. The van der Waals surface area contributed by atoms with Crippen LogP contribution in [0.4, 0.5) is 11.4 Å². The first-order valence-electron chi connectivity index (χ1n) is 8.16. The highest BCUT2D eigenvalue weighted by Crippen LogP contribution is 2.27. The van der Waals surface area contributed by atoms with Gasteiger partial charge in [-0.15, -0.1) is 0 Å². The van der Waals surface area contributed by atoms with Gasteiger partial charge in [0.2, 0.25) is 0 Å². The third-order valence-electron chi connectivity index (χ3n) is 3.82. The lowest BCUT2D eigenvalue weighted by Crippen LogP contribution is -2.16. The molecule has 146 valence electrons. The van der Waals surface area contributed by atoms with Crippen molar-refractivity contribution >= 4 is 39.0 Å². The van der Waals surface area contributed by atoms with E-state index in [9.17, 15) is 13.2 Å². The Kier molecular flexibility index (Phi) is 5.91. The number of sulfonamides is 1. The number of hydrogen-bond donors (Lipinski definition) is 2. The molecular weight excluding hydrogens is 404 g/mol. The topological polar surface area (TPSA) is 97.6 Å². The van der Waals surface area contributed by atoms with Crippen LogP contribution in [-0.2, 0) is 21.3 Å². The van der Waals surface area contributed by atoms with Gasteiger partial charge in [-0.2, -0.15) is 0 Å². The molecule has 1 aromatic heterocycles. The van der Waals surface area contributed by atoms with E-state index in [4.69, 9.17) is 16.0 Å². The van der Waals surface area contributed by atoms with Crippen molar-refractivity contribution in [3.63, 3.8) is 0 Å². The minimum absolute atomic E-state index is 0.100. The molecule has 1 heterocycles. The summed E-state index contributed by atoms with van der Waals surface area (Å²) in [5.41, 5.74) is 0.762. The highest BCUT2D eigenvalue weighted by Gasteiger charge is 2.22. The summed E-state index contributed by atoms with van der Waals surface area (Å²) in [6.45, 7) is 0.272. The van der Waals surface area contributed by atoms with Crippen LogP contribution < -0.4 is 10.0 Å². The van der Waals surface area contributed by atoms with E-state index in [1.54, 1.807) is 36.4 Å². The number of methoxy groups -OCH3 is 1. The molecule has 2 N–H and O–H groups in total. The normalized spacial score (nSPS) is 11.1. The number of carbonyl (C=O) groups excluding carboxylic acids is 1. The Bertz CT molecular complexity index is 1060. The number of esters is 1. The fraction of sp³-hybridized carbons (Fsp3) is 0.105. The van der Waals surface area contributed by atoms with Crippen LogP contribution in [0.2, 0.25) is 5.02 Å². The number of hydrogen-bond acceptors (Lipinski definition) is 6. The highest BCUT2D eigenvalue weighted by molar-refractivity contribution is 7.92. The van der Waals surface area contributed by atoms with E-state index < -0.39 is 16.0 Å². The summed E-state index contributed by atoms with van der Waals surface area (Å²) in [5, 5.41) is 3.50. The van der Waals surface area contributed by atoms with Crippen molar-refractivity contribution in [2.24, 2.45) is 0 Å². The van der Waals surface area contributed by atoms with Gasteiger partial charge in [0.1, 0.15) is 10.7 Å². The molecule has 0 bridgehead atoms. The lowest BCUT2D eigenvalue weighted by atomic mass is 10.2. The van der Waals surface area contributed by atoms with Crippen molar-refractivity contribution in [1.82, 2.24) is 0 Å². The predicted octanol–water partition coefficient (Wildman–Crippen LogP) is 4.13. The third kappa shape index (κ3) is 4.65. The fourth-order valence-electron chi connectivity index (χ4n) is 2.46. The summed E-state index contributed by atoms with van der Waals surface area (Å²) in [6.07, 6.45) is 1.52. The first-order chi connectivity index (χ1) is 13.4. The Morgan fingerprint density at radius 2 is 1.89 bits per heavy atom.